The maximum atomic E-state index is 12.4. The van der Waals surface area contributed by atoms with Crippen molar-refractivity contribution in [2.45, 2.75) is 44.3 Å². The van der Waals surface area contributed by atoms with Gasteiger partial charge in [0.15, 0.2) is 0 Å². The summed E-state index contributed by atoms with van der Waals surface area (Å²) in [4.78, 5) is 27.4. The molecular weight excluding hydrogens is 384 g/mol. The standard InChI is InChI=1S/C23H28N2O5/c1-25-18-10-7-6-9-17(18)24-23(25)19(26)13-12-16-15(20(27)14-21(16)28)8-4-2-3-5-11-22(29)30/h2,4,6-7,9-10,12-13,15-16,19-20,26-27H,3,5,8,11,14H2,1H3,(H,29,30)/t15-,16-,19-,20+/m1/s1. The van der Waals surface area contributed by atoms with E-state index in [1.54, 1.807) is 12.2 Å². The minimum absolute atomic E-state index is 0.0415. The van der Waals surface area contributed by atoms with Gasteiger partial charge in [-0.05, 0) is 31.4 Å². The van der Waals surface area contributed by atoms with E-state index in [1.165, 1.54) is 0 Å². The van der Waals surface area contributed by atoms with Crippen molar-refractivity contribution in [1.82, 2.24) is 9.55 Å². The number of Topliss-reactive ketones (excluding diaryl/α,β-unsaturated/α-hetero) is 1. The number of aliphatic hydroxyl groups excluding tert-OH is 2. The van der Waals surface area contributed by atoms with E-state index in [-0.39, 0.29) is 24.5 Å². The first-order valence-corrected chi connectivity index (χ1v) is 10.2. The van der Waals surface area contributed by atoms with Crippen LogP contribution in [0.25, 0.3) is 11.0 Å². The number of aliphatic carboxylic acids is 1. The van der Waals surface area contributed by atoms with Crippen LogP contribution in [-0.2, 0) is 16.6 Å². The molecule has 7 heteroatoms. The average molecular weight is 412 g/mol. The Labute approximate surface area is 175 Å². The highest BCUT2D eigenvalue weighted by molar-refractivity contribution is 5.86. The molecule has 1 aliphatic rings. The van der Waals surface area contributed by atoms with Crippen LogP contribution in [0.2, 0.25) is 0 Å². The van der Waals surface area contributed by atoms with E-state index in [0.29, 0.717) is 25.1 Å². The fourth-order valence-corrected chi connectivity index (χ4v) is 4.01. The van der Waals surface area contributed by atoms with Crippen molar-refractivity contribution in [3.05, 3.63) is 54.4 Å². The smallest absolute Gasteiger partial charge is 0.303 e. The molecule has 4 atom stereocenters. The molecule has 1 aliphatic carbocycles. The van der Waals surface area contributed by atoms with Crippen LogP contribution in [0, 0.1) is 11.8 Å². The molecule has 1 saturated carbocycles. The fourth-order valence-electron chi connectivity index (χ4n) is 4.01. The second-order valence-corrected chi connectivity index (χ2v) is 7.77. The molecule has 0 bridgehead atoms. The van der Waals surface area contributed by atoms with Gasteiger partial charge in [-0.1, -0.05) is 36.4 Å². The highest BCUT2D eigenvalue weighted by Gasteiger charge is 2.39. The Kier molecular flexibility index (Phi) is 7.18. The van der Waals surface area contributed by atoms with Crippen molar-refractivity contribution >= 4 is 22.8 Å². The molecule has 1 fully saturated rings. The summed E-state index contributed by atoms with van der Waals surface area (Å²) in [7, 11) is 1.84. The van der Waals surface area contributed by atoms with Gasteiger partial charge in [0.25, 0.3) is 0 Å². The minimum atomic E-state index is -0.958. The lowest BCUT2D eigenvalue weighted by atomic mass is 9.90. The Bertz CT molecular complexity index is 962. The molecule has 0 saturated heterocycles. The Morgan fingerprint density at radius 3 is 2.83 bits per heavy atom. The summed E-state index contributed by atoms with van der Waals surface area (Å²) in [5, 5.41) is 29.6. The Morgan fingerprint density at radius 1 is 1.33 bits per heavy atom. The van der Waals surface area contributed by atoms with Gasteiger partial charge < -0.3 is 19.9 Å². The molecule has 160 valence electrons. The Balaban J connectivity index is 1.65. The van der Waals surface area contributed by atoms with E-state index in [2.05, 4.69) is 4.98 Å². The van der Waals surface area contributed by atoms with E-state index in [0.717, 1.165) is 11.0 Å². The number of imidazole rings is 1. The Morgan fingerprint density at radius 2 is 2.10 bits per heavy atom. The van der Waals surface area contributed by atoms with Gasteiger partial charge >= 0.3 is 5.97 Å². The highest BCUT2D eigenvalue weighted by atomic mass is 16.4. The molecule has 0 radical (unpaired) electrons. The van der Waals surface area contributed by atoms with Crippen molar-refractivity contribution in [2.75, 3.05) is 0 Å². The molecule has 3 N–H and O–H groups in total. The predicted octanol–water partition coefficient (Wildman–Crippen LogP) is 2.93. The SMILES string of the molecule is Cn1c([C@H](O)C=C[C@H]2C(=O)C[C@H](O)[C@@H]2CC=CCCCC(=O)O)nc2ccccc21. The fraction of sp³-hybridized carbons (Fsp3) is 0.435. The number of aromatic nitrogens is 2. The van der Waals surface area contributed by atoms with Gasteiger partial charge in [-0.15, -0.1) is 0 Å². The first kappa shape index (κ1) is 21.9. The zero-order chi connectivity index (χ0) is 21.7. The molecule has 0 aliphatic heterocycles. The minimum Gasteiger partial charge on any atom is -0.481 e. The normalized spacial score (nSPS) is 23.2. The number of para-hydroxylation sites is 2. The van der Waals surface area contributed by atoms with Gasteiger partial charge in [-0.25, -0.2) is 4.98 Å². The lowest BCUT2D eigenvalue weighted by Gasteiger charge is -2.17. The van der Waals surface area contributed by atoms with Gasteiger partial charge in [0.2, 0.25) is 0 Å². The van der Waals surface area contributed by atoms with Crippen LogP contribution < -0.4 is 0 Å². The van der Waals surface area contributed by atoms with E-state index in [4.69, 9.17) is 5.11 Å². The third-order valence-corrected chi connectivity index (χ3v) is 5.66. The van der Waals surface area contributed by atoms with Crippen molar-refractivity contribution in [3.63, 3.8) is 0 Å². The van der Waals surface area contributed by atoms with Crippen LogP contribution in [0.1, 0.15) is 44.0 Å². The maximum Gasteiger partial charge on any atom is 0.303 e. The number of carbonyl (C=O) groups excluding carboxylic acids is 1. The van der Waals surface area contributed by atoms with E-state index >= 15 is 0 Å². The van der Waals surface area contributed by atoms with Crippen molar-refractivity contribution in [1.29, 1.82) is 0 Å². The van der Waals surface area contributed by atoms with Gasteiger partial charge in [0.1, 0.15) is 17.7 Å². The lowest BCUT2D eigenvalue weighted by molar-refractivity contribution is -0.137. The van der Waals surface area contributed by atoms with E-state index < -0.39 is 24.1 Å². The molecule has 0 unspecified atom stereocenters. The zero-order valence-electron chi connectivity index (χ0n) is 17.0. The van der Waals surface area contributed by atoms with E-state index in [1.807, 2.05) is 48.0 Å². The quantitative estimate of drug-likeness (QED) is 0.431. The number of rotatable bonds is 9. The number of allylic oxidation sites excluding steroid dienone is 3. The molecule has 3 rings (SSSR count). The van der Waals surface area contributed by atoms with Crippen molar-refractivity contribution < 1.29 is 24.9 Å². The van der Waals surface area contributed by atoms with Crippen LogP contribution in [0.3, 0.4) is 0 Å². The number of fused-ring (bicyclic) bond motifs is 1. The Hall–Kier alpha value is -2.77. The second kappa shape index (κ2) is 9.82. The van der Waals surface area contributed by atoms with Crippen LogP contribution >= 0.6 is 0 Å². The molecule has 0 amide bonds. The number of carbonyl (C=O) groups is 2. The number of benzene rings is 1. The number of unbranched alkanes of at least 4 members (excludes halogenated alkanes) is 1. The van der Waals surface area contributed by atoms with Gasteiger partial charge in [0, 0.05) is 31.7 Å². The summed E-state index contributed by atoms with van der Waals surface area (Å²) in [6.07, 6.45) is 7.35. The van der Waals surface area contributed by atoms with Crippen LogP contribution in [0.4, 0.5) is 0 Å². The molecule has 0 spiro atoms. The summed E-state index contributed by atoms with van der Waals surface area (Å²) in [6, 6.07) is 7.61. The molecule has 1 heterocycles. The number of hydrogen-bond donors (Lipinski definition) is 3. The van der Waals surface area contributed by atoms with Crippen molar-refractivity contribution in [2.24, 2.45) is 18.9 Å². The maximum absolute atomic E-state index is 12.4. The molecular formula is C23H28N2O5. The predicted molar refractivity (Wildman–Crippen MR) is 113 cm³/mol. The van der Waals surface area contributed by atoms with Crippen LogP contribution in [0.15, 0.2) is 48.6 Å². The third kappa shape index (κ3) is 5.04. The number of aliphatic hydroxyl groups is 2. The number of carboxylic acid groups (broad SMARTS) is 1. The first-order valence-electron chi connectivity index (χ1n) is 10.2. The topological polar surface area (TPSA) is 113 Å². The molecule has 2 aromatic rings. The highest BCUT2D eigenvalue weighted by Crippen LogP contribution is 2.34. The zero-order valence-corrected chi connectivity index (χ0v) is 17.0. The molecule has 30 heavy (non-hydrogen) atoms. The summed E-state index contributed by atoms with van der Waals surface area (Å²) >= 11 is 0. The van der Waals surface area contributed by atoms with Gasteiger partial charge in [-0.2, -0.15) is 0 Å². The summed E-state index contributed by atoms with van der Waals surface area (Å²) in [6.45, 7) is 0. The van der Waals surface area contributed by atoms with Crippen LogP contribution in [-0.4, -0.2) is 42.7 Å². The lowest BCUT2D eigenvalue weighted by Crippen LogP contribution is -2.18. The number of aryl methyl sites for hydroxylation is 1. The largest absolute Gasteiger partial charge is 0.481 e. The number of hydrogen-bond acceptors (Lipinski definition) is 5. The number of nitrogens with zero attached hydrogens (tertiary/aromatic N) is 2. The van der Waals surface area contributed by atoms with Gasteiger partial charge in [-0.3, -0.25) is 9.59 Å². The summed E-state index contributed by atoms with van der Waals surface area (Å²) in [5.74, 6) is -1.08. The average Bonchev–Trinajstić information content (AvgIpc) is 3.18. The second-order valence-electron chi connectivity index (χ2n) is 7.77. The monoisotopic (exact) mass is 412 g/mol. The van der Waals surface area contributed by atoms with E-state index in [9.17, 15) is 19.8 Å². The first-order chi connectivity index (χ1) is 14.4. The van der Waals surface area contributed by atoms with Gasteiger partial charge in [0.05, 0.1) is 17.1 Å². The number of ketones is 1. The van der Waals surface area contributed by atoms with Crippen LogP contribution in [0.5, 0.6) is 0 Å². The summed E-state index contributed by atoms with van der Waals surface area (Å²) < 4.78 is 1.83. The third-order valence-electron chi connectivity index (χ3n) is 5.66. The summed E-state index contributed by atoms with van der Waals surface area (Å²) in [5.41, 5.74) is 1.71. The van der Waals surface area contributed by atoms with Crippen molar-refractivity contribution in [3.8, 4) is 0 Å². The molecule has 7 nitrogen and oxygen atoms in total. The number of carboxylic acids is 1. The molecule has 1 aromatic carbocycles. The molecule has 1 aromatic heterocycles.